The van der Waals surface area contributed by atoms with Gasteiger partial charge in [-0.1, -0.05) is 46.5 Å². The molecule has 0 aromatic rings. The molecule has 2 heteroatoms. The standard InChI is InChI=1S/C15H33N2/c1-4-7-11-15(17-13-5-2)12-9-8-10-14-16-6-3/h15-17H,1,4-14H2,2-3H3. The fraction of sp³-hybridized carbons (Fsp3) is 0.933. The molecule has 0 spiro atoms. The Kier molecular flexibility index (Phi) is 13.9. The van der Waals surface area contributed by atoms with E-state index in [1.807, 2.05) is 0 Å². The molecule has 0 saturated heterocycles. The lowest BCUT2D eigenvalue weighted by molar-refractivity contribution is 0.423. The summed E-state index contributed by atoms with van der Waals surface area (Å²) in [5, 5.41) is 7.04. The Hall–Kier alpha value is -0.0800. The molecular weight excluding hydrogens is 208 g/mol. The van der Waals surface area contributed by atoms with Crippen LogP contribution < -0.4 is 10.6 Å². The minimum absolute atomic E-state index is 0.732. The van der Waals surface area contributed by atoms with Crippen LogP contribution in [0.25, 0.3) is 0 Å². The van der Waals surface area contributed by atoms with Gasteiger partial charge in [0.25, 0.3) is 0 Å². The Morgan fingerprint density at radius 2 is 1.71 bits per heavy atom. The molecule has 0 aromatic heterocycles. The van der Waals surface area contributed by atoms with Crippen molar-refractivity contribution in [3.05, 3.63) is 6.92 Å². The normalized spacial score (nSPS) is 12.9. The molecule has 0 heterocycles. The van der Waals surface area contributed by atoms with Crippen LogP contribution in [0.5, 0.6) is 0 Å². The zero-order chi connectivity index (χ0) is 12.8. The maximum atomic E-state index is 3.93. The van der Waals surface area contributed by atoms with Crippen molar-refractivity contribution in [3.63, 3.8) is 0 Å². The molecule has 2 N–H and O–H groups in total. The van der Waals surface area contributed by atoms with Crippen LogP contribution >= 0.6 is 0 Å². The van der Waals surface area contributed by atoms with E-state index >= 15 is 0 Å². The monoisotopic (exact) mass is 241 g/mol. The van der Waals surface area contributed by atoms with Crippen LogP contribution in [0.1, 0.15) is 65.2 Å². The van der Waals surface area contributed by atoms with Gasteiger partial charge in [0.15, 0.2) is 0 Å². The Morgan fingerprint density at radius 1 is 0.941 bits per heavy atom. The smallest absolute Gasteiger partial charge is 0.00670 e. The summed E-state index contributed by atoms with van der Waals surface area (Å²) < 4.78 is 0. The topological polar surface area (TPSA) is 24.1 Å². The van der Waals surface area contributed by atoms with Crippen LogP contribution in [0.2, 0.25) is 0 Å². The van der Waals surface area contributed by atoms with Crippen molar-refractivity contribution in [3.8, 4) is 0 Å². The molecule has 1 radical (unpaired) electrons. The van der Waals surface area contributed by atoms with Gasteiger partial charge in [-0.15, -0.1) is 0 Å². The van der Waals surface area contributed by atoms with Crippen molar-refractivity contribution in [1.82, 2.24) is 10.6 Å². The van der Waals surface area contributed by atoms with E-state index in [-0.39, 0.29) is 0 Å². The summed E-state index contributed by atoms with van der Waals surface area (Å²) in [6, 6.07) is 0.732. The lowest BCUT2D eigenvalue weighted by Gasteiger charge is -2.18. The molecule has 1 unspecified atom stereocenters. The maximum absolute atomic E-state index is 3.93. The number of nitrogens with one attached hydrogen (secondary N) is 2. The Morgan fingerprint density at radius 3 is 2.35 bits per heavy atom. The first-order valence-electron chi connectivity index (χ1n) is 7.58. The van der Waals surface area contributed by atoms with Crippen molar-refractivity contribution in [2.45, 2.75) is 71.3 Å². The summed E-state index contributed by atoms with van der Waals surface area (Å²) in [6.07, 6.45) is 10.3. The van der Waals surface area contributed by atoms with Crippen LogP contribution in [0.4, 0.5) is 0 Å². The van der Waals surface area contributed by atoms with Gasteiger partial charge < -0.3 is 10.6 Å². The fourth-order valence-corrected chi connectivity index (χ4v) is 2.08. The lowest BCUT2D eigenvalue weighted by Crippen LogP contribution is -2.29. The minimum atomic E-state index is 0.732. The van der Waals surface area contributed by atoms with Crippen molar-refractivity contribution in [1.29, 1.82) is 0 Å². The summed E-state index contributed by atoms with van der Waals surface area (Å²) in [5.74, 6) is 0. The Balaban J connectivity index is 3.45. The largest absolute Gasteiger partial charge is 0.317 e. The van der Waals surface area contributed by atoms with E-state index in [1.165, 1.54) is 58.0 Å². The van der Waals surface area contributed by atoms with E-state index in [2.05, 4.69) is 31.4 Å². The van der Waals surface area contributed by atoms with Crippen molar-refractivity contribution >= 4 is 0 Å². The first-order valence-corrected chi connectivity index (χ1v) is 7.58. The predicted octanol–water partition coefficient (Wildman–Crippen LogP) is 3.53. The van der Waals surface area contributed by atoms with Gasteiger partial charge in [0, 0.05) is 6.04 Å². The van der Waals surface area contributed by atoms with Crippen molar-refractivity contribution in [2.75, 3.05) is 19.6 Å². The Bertz CT molecular complexity index is 129. The highest BCUT2D eigenvalue weighted by Gasteiger charge is 2.06. The van der Waals surface area contributed by atoms with E-state index in [1.54, 1.807) is 0 Å². The van der Waals surface area contributed by atoms with E-state index in [9.17, 15) is 0 Å². The molecule has 0 fully saturated rings. The van der Waals surface area contributed by atoms with Gasteiger partial charge in [-0.25, -0.2) is 0 Å². The molecule has 0 aromatic carbocycles. The zero-order valence-corrected chi connectivity index (χ0v) is 12.1. The van der Waals surface area contributed by atoms with E-state index in [0.717, 1.165) is 19.0 Å². The van der Waals surface area contributed by atoms with Crippen LogP contribution in [0, 0.1) is 6.92 Å². The van der Waals surface area contributed by atoms with Crippen LogP contribution in [0.15, 0.2) is 0 Å². The highest BCUT2D eigenvalue weighted by atomic mass is 14.9. The second kappa shape index (κ2) is 14.0. The van der Waals surface area contributed by atoms with E-state index in [0.29, 0.717) is 0 Å². The average Bonchev–Trinajstić information content (AvgIpc) is 2.35. The quantitative estimate of drug-likeness (QED) is 0.482. The van der Waals surface area contributed by atoms with Gasteiger partial charge in [0.1, 0.15) is 0 Å². The summed E-state index contributed by atoms with van der Waals surface area (Å²) in [6.45, 7) is 11.8. The summed E-state index contributed by atoms with van der Waals surface area (Å²) in [7, 11) is 0. The number of unbranched alkanes of at least 4 members (excludes halogenated alkanes) is 3. The summed E-state index contributed by atoms with van der Waals surface area (Å²) in [4.78, 5) is 0. The highest BCUT2D eigenvalue weighted by Crippen LogP contribution is 2.09. The Labute approximate surface area is 109 Å². The van der Waals surface area contributed by atoms with Gasteiger partial charge in [0.05, 0.1) is 0 Å². The van der Waals surface area contributed by atoms with Gasteiger partial charge in [-0.3, -0.25) is 0 Å². The third-order valence-corrected chi connectivity index (χ3v) is 3.14. The third-order valence-electron chi connectivity index (χ3n) is 3.14. The molecule has 0 aliphatic rings. The van der Waals surface area contributed by atoms with Crippen LogP contribution in [-0.2, 0) is 0 Å². The van der Waals surface area contributed by atoms with Gasteiger partial charge in [-0.05, 0) is 45.3 Å². The SMILES string of the molecule is [CH2]CCCC(CCCCCNCC)NCCC. The molecule has 0 saturated carbocycles. The number of hydrogen-bond acceptors (Lipinski definition) is 2. The first-order chi connectivity index (χ1) is 8.35. The number of hydrogen-bond donors (Lipinski definition) is 2. The first kappa shape index (κ1) is 16.9. The van der Waals surface area contributed by atoms with Gasteiger partial charge >= 0.3 is 0 Å². The molecule has 0 aliphatic carbocycles. The lowest BCUT2D eigenvalue weighted by atomic mass is 10.0. The van der Waals surface area contributed by atoms with Gasteiger partial charge in [-0.2, -0.15) is 0 Å². The summed E-state index contributed by atoms with van der Waals surface area (Å²) in [5.41, 5.74) is 0. The third kappa shape index (κ3) is 12.2. The molecule has 0 aliphatic heterocycles. The van der Waals surface area contributed by atoms with Crippen molar-refractivity contribution in [2.24, 2.45) is 0 Å². The molecule has 0 bridgehead atoms. The highest BCUT2D eigenvalue weighted by molar-refractivity contribution is 4.67. The maximum Gasteiger partial charge on any atom is 0.00670 e. The molecular formula is C15H33N2. The molecule has 0 amide bonds. The van der Waals surface area contributed by atoms with Gasteiger partial charge in [0.2, 0.25) is 0 Å². The van der Waals surface area contributed by atoms with E-state index in [4.69, 9.17) is 0 Å². The predicted molar refractivity (Wildman–Crippen MR) is 78.3 cm³/mol. The molecule has 103 valence electrons. The summed E-state index contributed by atoms with van der Waals surface area (Å²) >= 11 is 0. The second-order valence-corrected chi connectivity index (χ2v) is 4.85. The molecule has 17 heavy (non-hydrogen) atoms. The fourth-order valence-electron chi connectivity index (χ4n) is 2.08. The molecule has 1 atom stereocenters. The van der Waals surface area contributed by atoms with Crippen molar-refractivity contribution < 1.29 is 0 Å². The average molecular weight is 241 g/mol. The second-order valence-electron chi connectivity index (χ2n) is 4.85. The molecule has 0 rings (SSSR count). The minimum Gasteiger partial charge on any atom is -0.317 e. The zero-order valence-electron chi connectivity index (χ0n) is 12.1. The molecule has 2 nitrogen and oxygen atoms in total. The number of rotatable bonds is 13. The van der Waals surface area contributed by atoms with Crippen LogP contribution in [-0.4, -0.2) is 25.7 Å². The van der Waals surface area contributed by atoms with E-state index < -0.39 is 0 Å². The van der Waals surface area contributed by atoms with Crippen LogP contribution in [0.3, 0.4) is 0 Å².